The highest BCUT2D eigenvalue weighted by molar-refractivity contribution is 6.30. The number of aryl methyl sites for hydroxylation is 1. The minimum Gasteiger partial charge on any atom is -0.496 e. The number of carbonyl (C=O) groups excluding carboxylic acids is 2. The molecule has 17 nitrogen and oxygen atoms in total. The first-order valence-electron chi connectivity index (χ1n) is 21.6. The van der Waals surface area contributed by atoms with Gasteiger partial charge in [-0.05, 0) is 87.4 Å². The minimum atomic E-state index is -0.502. The van der Waals surface area contributed by atoms with E-state index in [0.29, 0.717) is 88.9 Å². The van der Waals surface area contributed by atoms with Crippen molar-refractivity contribution in [1.82, 2.24) is 20.6 Å². The molecule has 348 valence electrons. The number of methoxy groups -OCH3 is 1. The van der Waals surface area contributed by atoms with Gasteiger partial charge in [0.2, 0.25) is 0 Å². The molecular weight excluding hydrogens is 852 g/mol. The predicted octanol–water partition coefficient (Wildman–Crippen LogP) is 9.00. The quantitative estimate of drug-likeness (QED) is 0.0174. The topological polar surface area (TPSA) is 204 Å². The van der Waals surface area contributed by atoms with E-state index in [1.54, 1.807) is 49.7 Å². The molecule has 18 heteroatoms. The van der Waals surface area contributed by atoms with Crippen molar-refractivity contribution in [2.75, 3.05) is 40.1 Å². The van der Waals surface area contributed by atoms with Crippen molar-refractivity contribution in [1.29, 1.82) is 0 Å². The first-order valence-corrected chi connectivity index (χ1v) is 22.0. The molecule has 5 rings (SSSR count). The van der Waals surface area contributed by atoms with Gasteiger partial charge >= 0.3 is 11.9 Å². The molecule has 0 atom stereocenters. The van der Waals surface area contributed by atoms with E-state index in [9.17, 15) is 9.59 Å². The Morgan fingerprint density at radius 2 is 1.52 bits per heavy atom. The van der Waals surface area contributed by atoms with Gasteiger partial charge in [0.1, 0.15) is 23.9 Å². The lowest BCUT2D eigenvalue weighted by molar-refractivity contribution is -0.492. The van der Waals surface area contributed by atoms with Crippen molar-refractivity contribution >= 4 is 29.6 Å². The second-order valence-electron chi connectivity index (χ2n) is 15.1. The monoisotopic (exact) mass is 910 g/mol. The molecule has 1 aliphatic rings. The number of unbranched alkanes of at least 4 members (excludes halogenated alkanes) is 7. The lowest BCUT2D eigenvalue weighted by Crippen LogP contribution is -2.15. The second kappa shape index (κ2) is 26.6. The number of halogens is 1. The summed E-state index contributed by atoms with van der Waals surface area (Å²) in [4.78, 5) is 36.5. The fraction of sp³-hybridized carbons (Fsp3) is 0.457. The number of aromatic nitrogens is 2. The van der Waals surface area contributed by atoms with Gasteiger partial charge in [-0.3, -0.25) is 35.2 Å². The second-order valence-corrected chi connectivity index (χ2v) is 15.5. The van der Waals surface area contributed by atoms with E-state index >= 15 is 0 Å². The Balaban J connectivity index is 1.39. The fourth-order valence-electron chi connectivity index (χ4n) is 7.15. The summed E-state index contributed by atoms with van der Waals surface area (Å²) in [5, 5.41) is 39.4. The summed E-state index contributed by atoms with van der Waals surface area (Å²) in [7, 11) is 1.60. The summed E-state index contributed by atoms with van der Waals surface area (Å²) in [6.07, 6.45) is 11.6. The zero-order valence-corrected chi connectivity index (χ0v) is 37.2. The molecule has 4 N–H and O–H groups in total. The van der Waals surface area contributed by atoms with Crippen LogP contribution < -0.4 is 14.2 Å². The van der Waals surface area contributed by atoms with Gasteiger partial charge in [-0.2, -0.15) is 5.10 Å². The lowest BCUT2D eigenvalue weighted by Gasteiger charge is -2.17. The molecule has 0 saturated carbocycles. The van der Waals surface area contributed by atoms with E-state index in [2.05, 4.69) is 16.6 Å². The van der Waals surface area contributed by atoms with E-state index < -0.39 is 11.9 Å². The van der Waals surface area contributed by atoms with Crippen LogP contribution in [0.4, 0.5) is 0 Å². The van der Waals surface area contributed by atoms with E-state index in [1.807, 2.05) is 28.9 Å². The van der Waals surface area contributed by atoms with Crippen LogP contribution in [0.15, 0.2) is 66.4 Å². The third kappa shape index (κ3) is 15.6. The van der Waals surface area contributed by atoms with E-state index in [1.165, 1.54) is 0 Å². The number of carbonyl (C=O) groups is 2. The van der Waals surface area contributed by atoms with Crippen LogP contribution in [0.1, 0.15) is 104 Å². The maximum Gasteiger partial charge on any atom is 0.338 e. The van der Waals surface area contributed by atoms with Crippen LogP contribution in [-0.2, 0) is 49.9 Å². The van der Waals surface area contributed by atoms with Crippen LogP contribution in [0.3, 0.4) is 0 Å². The summed E-state index contributed by atoms with van der Waals surface area (Å²) in [5.41, 5.74) is 5.15. The average Bonchev–Trinajstić information content (AvgIpc) is 3.92. The normalized spacial score (nSPS) is 12.4. The van der Waals surface area contributed by atoms with Gasteiger partial charge < -0.3 is 23.7 Å². The Morgan fingerprint density at radius 1 is 0.828 bits per heavy atom. The predicted molar refractivity (Wildman–Crippen MR) is 233 cm³/mol. The number of rotatable bonds is 29. The van der Waals surface area contributed by atoms with Crippen LogP contribution in [0.2, 0.25) is 5.02 Å². The van der Waals surface area contributed by atoms with E-state index in [0.717, 1.165) is 61.8 Å². The van der Waals surface area contributed by atoms with Gasteiger partial charge in [-0.1, -0.05) is 56.0 Å². The highest BCUT2D eigenvalue weighted by Gasteiger charge is 2.23. The van der Waals surface area contributed by atoms with E-state index in [4.69, 9.17) is 61.2 Å². The molecule has 0 saturated heterocycles. The average molecular weight is 911 g/mol. The first kappa shape index (κ1) is 49.9. The Kier molecular flexibility index (Phi) is 20.8. The number of hydrogen-bond donors (Lipinski definition) is 4. The Bertz CT molecular complexity index is 2130. The number of nitrogens with zero attached hydrogens (tertiary/aromatic N) is 4. The molecule has 0 unspecified atom stereocenters. The van der Waals surface area contributed by atoms with Crippen molar-refractivity contribution in [3.8, 4) is 28.5 Å². The van der Waals surface area contributed by atoms with Gasteiger partial charge in [0, 0.05) is 57.8 Å². The Labute approximate surface area is 377 Å². The van der Waals surface area contributed by atoms with Crippen molar-refractivity contribution in [2.45, 2.75) is 97.1 Å². The highest BCUT2D eigenvalue weighted by atomic mass is 35.5. The minimum absolute atomic E-state index is 0.0196. The van der Waals surface area contributed by atoms with Crippen LogP contribution in [0, 0.1) is 0 Å². The van der Waals surface area contributed by atoms with Crippen LogP contribution in [-0.4, -0.2) is 93.5 Å². The number of hydrogen-bond acceptors (Lipinski definition) is 16. The number of fused-ring (bicyclic) bond motifs is 1. The SMILES string of the molecule is CCCCn1ncc(/C=C(\Cc2cc3c(cc2OC)CCO3)C(=O)OCCCCCCON(O)O)c1-c1ccc(Cl)cc1OCc1ccccc1C(=O)OCCCCCCON(O)O. The van der Waals surface area contributed by atoms with Crippen molar-refractivity contribution < 1.29 is 63.8 Å². The van der Waals surface area contributed by atoms with Crippen LogP contribution >= 0.6 is 11.6 Å². The van der Waals surface area contributed by atoms with Crippen molar-refractivity contribution in [3.05, 3.63) is 99.2 Å². The molecule has 2 heterocycles. The molecule has 0 amide bonds. The Hall–Kier alpha value is -5.08. The summed E-state index contributed by atoms with van der Waals surface area (Å²) < 4.78 is 31.5. The molecule has 0 aliphatic carbocycles. The third-order valence-electron chi connectivity index (χ3n) is 10.4. The maximum absolute atomic E-state index is 14.1. The largest absolute Gasteiger partial charge is 0.496 e. The zero-order chi connectivity index (χ0) is 45.7. The van der Waals surface area contributed by atoms with Gasteiger partial charge in [0.25, 0.3) is 0 Å². The maximum atomic E-state index is 14.1. The summed E-state index contributed by atoms with van der Waals surface area (Å²) in [5.74, 6) is 0.844. The summed E-state index contributed by atoms with van der Waals surface area (Å²) in [6.45, 7) is 3.96. The molecule has 4 aromatic rings. The summed E-state index contributed by atoms with van der Waals surface area (Å²) in [6, 6.07) is 16.3. The number of esters is 2. The van der Waals surface area contributed by atoms with Crippen LogP contribution in [0.25, 0.3) is 17.3 Å². The molecule has 0 bridgehead atoms. The number of ether oxygens (including phenoxy) is 5. The van der Waals surface area contributed by atoms with E-state index in [-0.39, 0.29) is 50.2 Å². The molecule has 0 spiro atoms. The molecule has 0 fully saturated rings. The van der Waals surface area contributed by atoms with Gasteiger partial charge in [0.15, 0.2) is 0 Å². The molecule has 3 aromatic carbocycles. The standard InChI is InChI=1S/C46H59ClN4O13/c1-3-4-20-49-44(40-18-17-38(47)30-43(40)62-32-34-15-9-10-16-39(34)46(53)61-22-12-6-8-14-24-64-51(56)57)37(31-48-49)27-36(45(52)60-21-11-5-7-13-23-63-50(54)55)26-35-29-42-33(19-25-59-42)28-41(35)58-2/h9-10,15-18,27-31,54-57H,3-8,11-14,19-26,32H2,1-2H3/b36-27+. The van der Waals surface area contributed by atoms with Gasteiger partial charge in [0.05, 0.1) is 68.4 Å². The van der Waals surface area contributed by atoms with Crippen LogP contribution in [0.5, 0.6) is 17.2 Å². The smallest absolute Gasteiger partial charge is 0.338 e. The lowest BCUT2D eigenvalue weighted by atomic mass is 9.98. The molecule has 64 heavy (non-hydrogen) atoms. The molecule has 0 radical (unpaired) electrons. The highest BCUT2D eigenvalue weighted by Crippen LogP contribution is 2.38. The molecule has 1 aromatic heterocycles. The molecule has 1 aliphatic heterocycles. The van der Waals surface area contributed by atoms with Gasteiger partial charge in [-0.25, -0.2) is 9.59 Å². The third-order valence-corrected chi connectivity index (χ3v) is 10.7. The first-order chi connectivity index (χ1) is 31.1. The van der Waals surface area contributed by atoms with Gasteiger partial charge in [-0.15, -0.1) is 0 Å². The zero-order valence-electron chi connectivity index (χ0n) is 36.4. The fourth-order valence-corrected chi connectivity index (χ4v) is 7.31. The summed E-state index contributed by atoms with van der Waals surface area (Å²) >= 11 is 6.59. The van der Waals surface area contributed by atoms with Crippen molar-refractivity contribution in [2.24, 2.45) is 0 Å². The number of benzene rings is 3. The van der Waals surface area contributed by atoms with Crippen molar-refractivity contribution in [3.63, 3.8) is 0 Å². The molecular formula is C46H59ClN4O13. The Morgan fingerprint density at radius 3 is 2.20 bits per heavy atom.